The van der Waals surface area contributed by atoms with Crippen LogP contribution in [-0.4, -0.2) is 29.1 Å². The molecule has 0 bridgehead atoms. The van der Waals surface area contributed by atoms with Gasteiger partial charge in [-0.2, -0.15) is 0 Å². The maximum absolute atomic E-state index is 13.7. The molecule has 21 heavy (non-hydrogen) atoms. The predicted molar refractivity (Wildman–Crippen MR) is 81.6 cm³/mol. The topological polar surface area (TPSA) is 55.0 Å². The number of aryl methyl sites for hydroxylation is 1. The van der Waals surface area contributed by atoms with Crippen LogP contribution in [-0.2, 0) is 0 Å². The predicted octanol–water partition coefficient (Wildman–Crippen LogP) is 2.52. The van der Waals surface area contributed by atoms with Crippen molar-refractivity contribution in [1.82, 2.24) is 9.97 Å². The standard InChI is InChI=1S/C16H19FN4/c1-11-4-5-12(9-14(11)17)15-6-7-19-16(20-15)21-8-2-3-13(18)10-21/h4-7,9,13H,2-3,8,10,18H2,1H3. The first-order chi connectivity index (χ1) is 10.1. The molecule has 1 aliphatic rings. The fourth-order valence-corrected chi connectivity index (χ4v) is 2.61. The van der Waals surface area contributed by atoms with Crippen LogP contribution >= 0.6 is 0 Å². The Kier molecular flexibility index (Phi) is 3.84. The number of anilines is 1. The minimum absolute atomic E-state index is 0.169. The van der Waals surface area contributed by atoms with Crippen LogP contribution in [0.2, 0.25) is 0 Å². The summed E-state index contributed by atoms with van der Waals surface area (Å²) in [5, 5.41) is 0. The van der Waals surface area contributed by atoms with Crippen LogP contribution < -0.4 is 10.6 Å². The third-order valence-electron chi connectivity index (χ3n) is 3.85. The van der Waals surface area contributed by atoms with E-state index in [1.807, 2.05) is 6.07 Å². The summed E-state index contributed by atoms with van der Waals surface area (Å²) in [6, 6.07) is 7.14. The molecule has 1 atom stereocenters. The average Bonchev–Trinajstić information content (AvgIpc) is 2.50. The summed E-state index contributed by atoms with van der Waals surface area (Å²) < 4.78 is 13.7. The summed E-state index contributed by atoms with van der Waals surface area (Å²) in [6.45, 7) is 3.44. The second-order valence-electron chi connectivity index (χ2n) is 5.55. The largest absolute Gasteiger partial charge is 0.339 e. The van der Waals surface area contributed by atoms with Crippen molar-refractivity contribution < 1.29 is 4.39 Å². The van der Waals surface area contributed by atoms with Crippen molar-refractivity contribution in [3.8, 4) is 11.3 Å². The van der Waals surface area contributed by atoms with Crippen molar-refractivity contribution in [3.05, 3.63) is 41.8 Å². The Morgan fingerprint density at radius 1 is 1.33 bits per heavy atom. The van der Waals surface area contributed by atoms with E-state index in [-0.39, 0.29) is 11.9 Å². The molecule has 1 unspecified atom stereocenters. The summed E-state index contributed by atoms with van der Waals surface area (Å²) in [5.41, 5.74) is 8.14. The molecular formula is C16H19FN4. The minimum Gasteiger partial charge on any atom is -0.339 e. The van der Waals surface area contributed by atoms with E-state index in [0.717, 1.165) is 37.2 Å². The lowest BCUT2D eigenvalue weighted by atomic mass is 10.1. The number of piperidine rings is 1. The molecule has 0 amide bonds. The highest BCUT2D eigenvalue weighted by molar-refractivity contribution is 5.60. The number of nitrogens with two attached hydrogens (primary N) is 1. The molecule has 4 nitrogen and oxygen atoms in total. The van der Waals surface area contributed by atoms with Gasteiger partial charge >= 0.3 is 0 Å². The maximum Gasteiger partial charge on any atom is 0.225 e. The SMILES string of the molecule is Cc1ccc(-c2ccnc(N3CCCC(N)C3)n2)cc1F. The maximum atomic E-state index is 13.7. The molecule has 1 aliphatic heterocycles. The van der Waals surface area contributed by atoms with Gasteiger partial charge in [-0.05, 0) is 37.5 Å². The summed E-state index contributed by atoms with van der Waals surface area (Å²) >= 11 is 0. The monoisotopic (exact) mass is 286 g/mol. The lowest BCUT2D eigenvalue weighted by Gasteiger charge is -2.30. The summed E-state index contributed by atoms with van der Waals surface area (Å²) in [4.78, 5) is 11.0. The van der Waals surface area contributed by atoms with Gasteiger partial charge < -0.3 is 10.6 Å². The molecule has 2 heterocycles. The van der Waals surface area contributed by atoms with Gasteiger partial charge in [-0.25, -0.2) is 14.4 Å². The number of hydrogen-bond acceptors (Lipinski definition) is 4. The first-order valence-corrected chi connectivity index (χ1v) is 7.23. The van der Waals surface area contributed by atoms with E-state index in [0.29, 0.717) is 11.5 Å². The number of aromatic nitrogens is 2. The zero-order chi connectivity index (χ0) is 14.8. The lowest BCUT2D eigenvalue weighted by molar-refractivity contribution is 0.500. The van der Waals surface area contributed by atoms with E-state index in [9.17, 15) is 4.39 Å². The van der Waals surface area contributed by atoms with Gasteiger partial charge in [-0.3, -0.25) is 0 Å². The van der Waals surface area contributed by atoms with Crippen LogP contribution in [0.25, 0.3) is 11.3 Å². The summed E-state index contributed by atoms with van der Waals surface area (Å²) in [6.07, 6.45) is 3.81. The molecule has 110 valence electrons. The van der Waals surface area contributed by atoms with Crippen LogP contribution in [0.1, 0.15) is 18.4 Å². The van der Waals surface area contributed by atoms with Crippen LogP contribution in [0, 0.1) is 12.7 Å². The molecule has 1 fully saturated rings. The molecular weight excluding hydrogens is 267 g/mol. The number of benzene rings is 1. The van der Waals surface area contributed by atoms with Gasteiger partial charge in [0.05, 0.1) is 5.69 Å². The van der Waals surface area contributed by atoms with Gasteiger partial charge in [0.1, 0.15) is 5.82 Å². The van der Waals surface area contributed by atoms with Crippen molar-refractivity contribution in [1.29, 1.82) is 0 Å². The van der Waals surface area contributed by atoms with Gasteiger partial charge in [0, 0.05) is 30.9 Å². The number of nitrogens with zero attached hydrogens (tertiary/aromatic N) is 3. The van der Waals surface area contributed by atoms with Crippen LogP contribution in [0.5, 0.6) is 0 Å². The van der Waals surface area contributed by atoms with Crippen molar-refractivity contribution in [2.24, 2.45) is 5.73 Å². The molecule has 0 radical (unpaired) electrons. The number of hydrogen-bond donors (Lipinski definition) is 1. The van der Waals surface area contributed by atoms with E-state index in [4.69, 9.17) is 5.73 Å². The van der Waals surface area contributed by atoms with E-state index in [2.05, 4.69) is 14.9 Å². The smallest absolute Gasteiger partial charge is 0.225 e. The number of halogens is 1. The Bertz CT molecular complexity index is 644. The summed E-state index contributed by atoms with van der Waals surface area (Å²) in [7, 11) is 0. The average molecular weight is 286 g/mol. The van der Waals surface area contributed by atoms with Crippen molar-refractivity contribution >= 4 is 5.95 Å². The van der Waals surface area contributed by atoms with E-state index >= 15 is 0 Å². The molecule has 2 aromatic rings. The Morgan fingerprint density at radius 2 is 2.19 bits per heavy atom. The van der Waals surface area contributed by atoms with Crippen LogP contribution in [0.4, 0.5) is 10.3 Å². The molecule has 1 aromatic heterocycles. The Balaban J connectivity index is 1.90. The highest BCUT2D eigenvalue weighted by atomic mass is 19.1. The van der Waals surface area contributed by atoms with Crippen LogP contribution in [0.15, 0.2) is 30.5 Å². The Morgan fingerprint density at radius 3 is 2.95 bits per heavy atom. The van der Waals surface area contributed by atoms with E-state index in [1.54, 1.807) is 25.3 Å². The molecule has 2 N–H and O–H groups in total. The highest BCUT2D eigenvalue weighted by Crippen LogP contribution is 2.22. The minimum atomic E-state index is -0.215. The molecule has 0 saturated carbocycles. The summed E-state index contributed by atoms with van der Waals surface area (Å²) in [5.74, 6) is 0.455. The Hall–Kier alpha value is -2.01. The first-order valence-electron chi connectivity index (χ1n) is 7.23. The zero-order valence-corrected chi connectivity index (χ0v) is 12.1. The Labute approximate surface area is 123 Å². The molecule has 1 saturated heterocycles. The van der Waals surface area contributed by atoms with Crippen molar-refractivity contribution in [3.63, 3.8) is 0 Å². The molecule has 1 aromatic carbocycles. The lowest BCUT2D eigenvalue weighted by Crippen LogP contribution is -2.43. The van der Waals surface area contributed by atoms with Gasteiger partial charge in [0.15, 0.2) is 0 Å². The van der Waals surface area contributed by atoms with Gasteiger partial charge in [0.25, 0.3) is 0 Å². The zero-order valence-electron chi connectivity index (χ0n) is 12.1. The second kappa shape index (κ2) is 5.77. The molecule has 0 aliphatic carbocycles. The molecule has 3 rings (SSSR count). The fraction of sp³-hybridized carbons (Fsp3) is 0.375. The number of rotatable bonds is 2. The van der Waals surface area contributed by atoms with Gasteiger partial charge in [-0.1, -0.05) is 12.1 Å². The third-order valence-corrected chi connectivity index (χ3v) is 3.85. The highest BCUT2D eigenvalue weighted by Gasteiger charge is 2.19. The van der Waals surface area contributed by atoms with Gasteiger partial charge in [-0.15, -0.1) is 0 Å². The quantitative estimate of drug-likeness (QED) is 0.921. The van der Waals surface area contributed by atoms with Crippen molar-refractivity contribution in [2.45, 2.75) is 25.8 Å². The molecule has 5 heteroatoms. The van der Waals surface area contributed by atoms with Crippen LogP contribution in [0.3, 0.4) is 0 Å². The van der Waals surface area contributed by atoms with E-state index in [1.165, 1.54) is 6.07 Å². The normalized spacial score (nSPS) is 18.8. The van der Waals surface area contributed by atoms with Crippen molar-refractivity contribution in [2.75, 3.05) is 18.0 Å². The second-order valence-corrected chi connectivity index (χ2v) is 5.55. The molecule has 0 spiro atoms. The first kappa shape index (κ1) is 13.9. The third kappa shape index (κ3) is 3.03. The fourth-order valence-electron chi connectivity index (χ4n) is 2.61. The van der Waals surface area contributed by atoms with E-state index < -0.39 is 0 Å². The van der Waals surface area contributed by atoms with Gasteiger partial charge in [0.2, 0.25) is 5.95 Å².